The number of pyridine rings is 1. The van der Waals surface area contributed by atoms with Crippen LogP contribution in [0.15, 0.2) is 70.2 Å². The van der Waals surface area contributed by atoms with Gasteiger partial charge in [0, 0.05) is 30.4 Å². The molecule has 1 aliphatic rings. The molecular formula is C23H20N4O2S2. The highest BCUT2D eigenvalue weighted by Crippen LogP contribution is 2.25. The first kappa shape index (κ1) is 20.0. The molecule has 0 saturated heterocycles. The van der Waals surface area contributed by atoms with E-state index in [2.05, 4.69) is 16.4 Å². The van der Waals surface area contributed by atoms with E-state index in [0.717, 1.165) is 18.5 Å². The Hall–Kier alpha value is -2.97. The van der Waals surface area contributed by atoms with Crippen LogP contribution in [0.2, 0.25) is 0 Å². The summed E-state index contributed by atoms with van der Waals surface area (Å²) in [6.07, 6.45) is 4.35. The Labute approximate surface area is 187 Å². The number of thioether (sulfide) groups is 1. The number of hydrogen-bond acceptors (Lipinski definition) is 6. The predicted molar refractivity (Wildman–Crippen MR) is 124 cm³/mol. The molecule has 0 radical (unpaired) electrons. The molecule has 8 heteroatoms. The van der Waals surface area contributed by atoms with Crippen molar-refractivity contribution in [1.82, 2.24) is 19.4 Å². The second-order valence-corrected chi connectivity index (χ2v) is 9.33. The highest BCUT2D eigenvalue weighted by Gasteiger charge is 2.22. The number of fused-ring (bicyclic) bond motifs is 2. The Morgan fingerprint density at radius 3 is 2.94 bits per heavy atom. The molecule has 0 unspecified atom stereocenters. The number of rotatable bonds is 5. The van der Waals surface area contributed by atoms with Crippen molar-refractivity contribution in [1.29, 1.82) is 0 Å². The first-order chi connectivity index (χ1) is 15.2. The van der Waals surface area contributed by atoms with Crippen LogP contribution in [0.4, 0.5) is 0 Å². The van der Waals surface area contributed by atoms with Gasteiger partial charge in [0.2, 0.25) is 5.91 Å². The van der Waals surface area contributed by atoms with Crippen molar-refractivity contribution >= 4 is 39.9 Å². The normalized spacial score (nSPS) is 13.4. The zero-order valence-corrected chi connectivity index (χ0v) is 18.4. The molecule has 0 spiro atoms. The summed E-state index contributed by atoms with van der Waals surface area (Å²) in [5.41, 5.74) is 2.69. The molecule has 0 atom stereocenters. The fourth-order valence-corrected chi connectivity index (χ4v) is 5.54. The summed E-state index contributed by atoms with van der Waals surface area (Å²) in [6, 6.07) is 13.2. The Morgan fingerprint density at radius 2 is 2.06 bits per heavy atom. The number of para-hydroxylation sites is 1. The van der Waals surface area contributed by atoms with Gasteiger partial charge < -0.3 is 4.90 Å². The Morgan fingerprint density at radius 1 is 1.16 bits per heavy atom. The van der Waals surface area contributed by atoms with Gasteiger partial charge in [0.25, 0.3) is 5.56 Å². The van der Waals surface area contributed by atoms with Crippen LogP contribution in [0.1, 0.15) is 16.0 Å². The number of nitrogens with zero attached hydrogens (tertiary/aromatic N) is 4. The second kappa shape index (κ2) is 8.64. The summed E-state index contributed by atoms with van der Waals surface area (Å²) < 4.78 is 1.64. The molecule has 4 aromatic rings. The fraction of sp³-hybridized carbons (Fsp3) is 0.217. The van der Waals surface area contributed by atoms with Crippen LogP contribution < -0.4 is 5.56 Å². The third-order valence-electron chi connectivity index (χ3n) is 5.38. The Kier molecular flexibility index (Phi) is 5.57. The van der Waals surface area contributed by atoms with E-state index in [0.29, 0.717) is 29.1 Å². The minimum absolute atomic E-state index is 0.0668. The largest absolute Gasteiger partial charge is 0.337 e. The van der Waals surface area contributed by atoms with Gasteiger partial charge in [-0.15, -0.1) is 11.3 Å². The first-order valence-electron chi connectivity index (χ1n) is 10.0. The standard InChI is InChI=1S/C23H20N4O2S2/c28-21(26-10-7-20-17(14-26)8-11-30-20)15-31-23-25-19-6-2-1-5-18(19)22(29)27(23)13-16-4-3-9-24-12-16/h1-6,8-9,11-12H,7,10,13-15H2. The average Bonchev–Trinajstić information content (AvgIpc) is 3.28. The van der Waals surface area contributed by atoms with Gasteiger partial charge in [-0.2, -0.15) is 0 Å². The van der Waals surface area contributed by atoms with Gasteiger partial charge in [0.05, 0.1) is 23.2 Å². The molecule has 0 fully saturated rings. The number of thiophene rings is 1. The maximum Gasteiger partial charge on any atom is 0.262 e. The van der Waals surface area contributed by atoms with Crippen molar-refractivity contribution in [3.8, 4) is 0 Å². The molecule has 1 amide bonds. The number of aromatic nitrogens is 3. The summed E-state index contributed by atoms with van der Waals surface area (Å²) >= 11 is 3.08. The molecule has 3 aromatic heterocycles. The van der Waals surface area contributed by atoms with E-state index in [1.54, 1.807) is 34.4 Å². The van der Waals surface area contributed by atoms with E-state index in [1.165, 1.54) is 22.2 Å². The first-order valence-corrected chi connectivity index (χ1v) is 11.9. The monoisotopic (exact) mass is 448 g/mol. The lowest BCUT2D eigenvalue weighted by atomic mass is 10.1. The van der Waals surface area contributed by atoms with Gasteiger partial charge in [-0.25, -0.2) is 4.98 Å². The maximum absolute atomic E-state index is 13.2. The van der Waals surface area contributed by atoms with Crippen molar-refractivity contribution in [3.05, 3.63) is 86.6 Å². The zero-order valence-electron chi connectivity index (χ0n) is 16.7. The third-order valence-corrected chi connectivity index (χ3v) is 7.36. The molecule has 4 heterocycles. The molecule has 5 rings (SSSR count). The molecule has 1 aromatic carbocycles. The molecule has 1 aliphatic heterocycles. The number of hydrogen-bond donors (Lipinski definition) is 0. The predicted octanol–water partition coefficient (Wildman–Crippen LogP) is 3.58. The highest BCUT2D eigenvalue weighted by molar-refractivity contribution is 7.99. The van der Waals surface area contributed by atoms with E-state index in [-0.39, 0.29) is 17.2 Å². The molecular weight excluding hydrogens is 428 g/mol. The van der Waals surface area contributed by atoms with Crippen LogP contribution in [0.5, 0.6) is 0 Å². The van der Waals surface area contributed by atoms with Gasteiger partial charge >= 0.3 is 0 Å². The van der Waals surface area contributed by atoms with Gasteiger partial charge in [0.15, 0.2) is 5.16 Å². The molecule has 0 saturated carbocycles. The number of benzene rings is 1. The molecule has 156 valence electrons. The van der Waals surface area contributed by atoms with Crippen LogP contribution in [0.3, 0.4) is 0 Å². The Bertz CT molecular complexity index is 1300. The van der Waals surface area contributed by atoms with Gasteiger partial charge in [-0.05, 0) is 47.2 Å². The lowest BCUT2D eigenvalue weighted by Crippen LogP contribution is -2.36. The van der Waals surface area contributed by atoms with Crippen molar-refractivity contribution in [2.24, 2.45) is 0 Å². The van der Waals surface area contributed by atoms with E-state index < -0.39 is 0 Å². The second-order valence-electron chi connectivity index (χ2n) is 7.39. The van der Waals surface area contributed by atoms with Crippen LogP contribution in [0.25, 0.3) is 10.9 Å². The van der Waals surface area contributed by atoms with Crippen molar-refractivity contribution in [2.45, 2.75) is 24.7 Å². The number of carbonyl (C=O) groups excluding carboxylic acids is 1. The number of amides is 1. The SMILES string of the molecule is O=C(CSc1nc2ccccc2c(=O)n1Cc1cccnc1)N1CCc2sccc2C1. The van der Waals surface area contributed by atoms with E-state index >= 15 is 0 Å². The molecule has 31 heavy (non-hydrogen) atoms. The summed E-state index contributed by atoms with van der Waals surface area (Å²) in [7, 11) is 0. The van der Waals surface area contributed by atoms with Crippen LogP contribution in [-0.4, -0.2) is 37.6 Å². The molecule has 0 bridgehead atoms. The summed E-state index contributed by atoms with van der Waals surface area (Å²) in [5.74, 6) is 0.314. The third kappa shape index (κ3) is 4.13. The molecule has 0 aliphatic carbocycles. The minimum atomic E-state index is -0.106. The summed E-state index contributed by atoms with van der Waals surface area (Å²) in [5, 5.41) is 3.21. The quantitative estimate of drug-likeness (QED) is 0.345. The van der Waals surface area contributed by atoms with E-state index in [4.69, 9.17) is 4.98 Å². The minimum Gasteiger partial charge on any atom is -0.337 e. The molecule has 0 N–H and O–H groups in total. The summed E-state index contributed by atoms with van der Waals surface area (Å²) in [4.78, 5) is 38.2. The highest BCUT2D eigenvalue weighted by atomic mass is 32.2. The topological polar surface area (TPSA) is 68.1 Å². The lowest BCUT2D eigenvalue weighted by molar-refractivity contribution is -0.129. The van der Waals surface area contributed by atoms with E-state index in [9.17, 15) is 9.59 Å². The molecule has 6 nitrogen and oxygen atoms in total. The Balaban J connectivity index is 1.41. The van der Waals surface area contributed by atoms with Crippen molar-refractivity contribution in [2.75, 3.05) is 12.3 Å². The van der Waals surface area contributed by atoms with E-state index in [1.807, 2.05) is 35.2 Å². The van der Waals surface area contributed by atoms with Crippen LogP contribution >= 0.6 is 23.1 Å². The van der Waals surface area contributed by atoms with Crippen LogP contribution in [-0.2, 0) is 24.3 Å². The van der Waals surface area contributed by atoms with Crippen molar-refractivity contribution in [3.63, 3.8) is 0 Å². The lowest BCUT2D eigenvalue weighted by Gasteiger charge is -2.27. The van der Waals surface area contributed by atoms with Gasteiger partial charge in [-0.3, -0.25) is 19.1 Å². The number of carbonyl (C=O) groups is 1. The zero-order chi connectivity index (χ0) is 21.2. The van der Waals surface area contributed by atoms with Gasteiger partial charge in [0.1, 0.15) is 0 Å². The summed E-state index contributed by atoms with van der Waals surface area (Å²) in [6.45, 7) is 1.76. The van der Waals surface area contributed by atoms with Crippen molar-refractivity contribution < 1.29 is 4.79 Å². The van der Waals surface area contributed by atoms with Crippen LogP contribution in [0, 0.1) is 0 Å². The van der Waals surface area contributed by atoms with Gasteiger partial charge in [-0.1, -0.05) is 30.0 Å². The maximum atomic E-state index is 13.2. The average molecular weight is 449 g/mol. The fourth-order valence-electron chi connectivity index (χ4n) is 3.75. The smallest absolute Gasteiger partial charge is 0.262 e.